The second-order valence-electron chi connectivity index (χ2n) is 2.87. The van der Waals surface area contributed by atoms with Crippen molar-refractivity contribution in [3.63, 3.8) is 0 Å². The van der Waals surface area contributed by atoms with Gasteiger partial charge in [-0.3, -0.25) is 10.1 Å². The maximum absolute atomic E-state index is 11.1. The minimum atomic E-state index is -3.70. The molecule has 8 nitrogen and oxygen atoms in total. The predicted octanol–water partition coefficient (Wildman–Crippen LogP) is 0.0915. The summed E-state index contributed by atoms with van der Waals surface area (Å²) < 4.78 is 22.1. The fourth-order valence-electron chi connectivity index (χ4n) is 0.949. The van der Waals surface area contributed by atoms with Crippen LogP contribution in [-0.4, -0.2) is 35.7 Å². The molecule has 0 amide bonds. The number of nitro groups is 1. The van der Waals surface area contributed by atoms with Gasteiger partial charge in [-0.2, -0.15) is 0 Å². The number of pyridine rings is 1. The monoisotopic (exact) mass is 246 g/mol. The minimum Gasteiger partial charge on any atom is -0.477 e. The molecule has 0 aliphatic rings. The third-order valence-corrected chi connectivity index (χ3v) is 2.65. The van der Waals surface area contributed by atoms with Crippen molar-refractivity contribution in [1.82, 2.24) is 4.98 Å². The molecule has 0 radical (unpaired) electrons. The van der Waals surface area contributed by atoms with E-state index in [0.717, 1.165) is 6.26 Å². The molecule has 0 bridgehead atoms. The molecule has 9 heteroatoms. The van der Waals surface area contributed by atoms with Crippen molar-refractivity contribution in [1.29, 1.82) is 0 Å². The highest BCUT2D eigenvalue weighted by atomic mass is 32.2. The van der Waals surface area contributed by atoms with Crippen LogP contribution in [0.15, 0.2) is 17.3 Å². The second-order valence-corrected chi connectivity index (χ2v) is 4.84. The number of carboxylic acid groups (broad SMARTS) is 1. The Kier molecular flexibility index (Phi) is 2.90. The van der Waals surface area contributed by atoms with Crippen molar-refractivity contribution in [3.05, 3.63) is 27.9 Å². The molecule has 0 unspecified atom stereocenters. The van der Waals surface area contributed by atoms with Gasteiger partial charge in [-0.15, -0.1) is 0 Å². The molecule has 16 heavy (non-hydrogen) atoms. The van der Waals surface area contributed by atoms with Gasteiger partial charge in [0.15, 0.2) is 14.9 Å². The van der Waals surface area contributed by atoms with E-state index < -0.39 is 37.0 Å². The van der Waals surface area contributed by atoms with Gasteiger partial charge in [-0.1, -0.05) is 0 Å². The first-order valence-corrected chi connectivity index (χ1v) is 5.70. The number of aromatic carboxylic acids is 1. The number of hydrogen-bond acceptors (Lipinski definition) is 6. The van der Waals surface area contributed by atoms with Gasteiger partial charge < -0.3 is 5.11 Å². The average Bonchev–Trinajstić information content (AvgIpc) is 2.15. The Morgan fingerprint density at radius 3 is 2.50 bits per heavy atom. The van der Waals surface area contributed by atoms with Crippen molar-refractivity contribution in [2.75, 3.05) is 6.26 Å². The molecule has 1 heterocycles. The standard InChI is InChI=1S/C7H6N2O6S/c1-16(14,15)6-2-4(7(10)11)5(3-8-6)9(12)13/h2-3H,1H3,(H,10,11). The Balaban J connectivity index is 3.52. The zero-order valence-corrected chi connectivity index (χ0v) is 8.76. The van der Waals surface area contributed by atoms with Gasteiger partial charge in [0.1, 0.15) is 11.8 Å². The lowest BCUT2D eigenvalue weighted by Crippen LogP contribution is -2.08. The van der Waals surface area contributed by atoms with Crippen LogP contribution in [-0.2, 0) is 9.84 Å². The summed E-state index contributed by atoms with van der Waals surface area (Å²) in [5.41, 5.74) is -1.46. The summed E-state index contributed by atoms with van der Waals surface area (Å²) in [6.45, 7) is 0. The summed E-state index contributed by atoms with van der Waals surface area (Å²) in [5, 5.41) is 18.6. The number of aromatic nitrogens is 1. The Morgan fingerprint density at radius 1 is 1.56 bits per heavy atom. The second kappa shape index (κ2) is 3.85. The van der Waals surface area contributed by atoms with Gasteiger partial charge >= 0.3 is 11.7 Å². The van der Waals surface area contributed by atoms with Crippen molar-refractivity contribution in [2.45, 2.75) is 5.03 Å². The highest BCUT2D eigenvalue weighted by Gasteiger charge is 2.23. The van der Waals surface area contributed by atoms with E-state index in [-0.39, 0.29) is 0 Å². The third kappa shape index (κ3) is 2.31. The summed E-state index contributed by atoms with van der Waals surface area (Å²) in [5.74, 6) is -1.58. The van der Waals surface area contributed by atoms with Crippen LogP contribution in [0.25, 0.3) is 0 Å². The fourth-order valence-corrected chi connectivity index (χ4v) is 1.52. The molecule has 1 aromatic heterocycles. The van der Waals surface area contributed by atoms with Gasteiger partial charge in [0, 0.05) is 6.26 Å². The summed E-state index contributed by atoms with van der Waals surface area (Å²) >= 11 is 0. The first-order valence-electron chi connectivity index (χ1n) is 3.81. The largest absolute Gasteiger partial charge is 0.477 e. The maximum atomic E-state index is 11.1. The summed E-state index contributed by atoms with van der Waals surface area (Å²) in [6.07, 6.45) is 1.44. The van der Waals surface area contributed by atoms with Crippen LogP contribution in [0.1, 0.15) is 10.4 Å². The highest BCUT2D eigenvalue weighted by Crippen LogP contribution is 2.19. The van der Waals surface area contributed by atoms with Crippen LogP contribution in [0.2, 0.25) is 0 Å². The number of sulfone groups is 1. The van der Waals surface area contributed by atoms with E-state index in [2.05, 4.69) is 4.98 Å². The normalized spacial score (nSPS) is 11.1. The molecule has 1 N–H and O–H groups in total. The molecular weight excluding hydrogens is 240 g/mol. The molecule has 0 aliphatic carbocycles. The SMILES string of the molecule is CS(=O)(=O)c1cc(C(=O)O)c([N+](=O)[O-])cn1. The van der Waals surface area contributed by atoms with E-state index >= 15 is 0 Å². The van der Waals surface area contributed by atoms with Crippen LogP contribution in [0.4, 0.5) is 5.69 Å². The molecule has 0 atom stereocenters. The molecule has 0 saturated heterocycles. The zero-order chi connectivity index (χ0) is 12.5. The van der Waals surface area contributed by atoms with E-state index in [4.69, 9.17) is 5.11 Å². The maximum Gasteiger partial charge on any atom is 0.342 e. The Hall–Kier alpha value is -2.03. The van der Waals surface area contributed by atoms with Gasteiger partial charge in [0.25, 0.3) is 0 Å². The van der Waals surface area contributed by atoms with E-state index in [1.807, 2.05) is 0 Å². The van der Waals surface area contributed by atoms with E-state index in [1.165, 1.54) is 0 Å². The topological polar surface area (TPSA) is 127 Å². The first-order chi connectivity index (χ1) is 7.23. The molecule has 0 fully saturated rings. The van der Waals surface area contributed by atoms with Gasteiger partial charge in [-0.05, 0) is 6.07 Å². The van der Waals surface area contributed by atoms with Gasteiger partial charge in [0.05, 0.1) is 4.92 Å². The summed E-state index contributed by atoms with van der Waals surface area (Å²) in [7, 11) is -3.70. The van der Waals surface area contributed by atoms with Crippen LogP contribution in [0.3, 0.4) is 0 Å². The molecule has 1 aromatic rings. The van der Waals surface area contributed by atoms with Crippen molar-refractivity contribution in [3.8, 4) is 0 Å². The molecule has 0 aliphatic heterocycles. The number of carbonyl (C=O) groups is 1. The van der Waals surface area contributed by atoms with Crippen LogP contribution in [0, 0.1) is 10.1 Å². The lowest BCUT2D eigenvalue weighted by molar-refractivity contribution is -0.385. The molecule has 86 valence electrons. The molecule has 0 aromatic carbocycles. The average molecular weight is 246 g/mol. The number of nitrogens with zero attached hydrogens (tertiary/aromatic N) is 2. The van der Waals surface area contributed by atoms with Crippen molar-refractivity contribution in [2.24, 2.45) is 0 Å². The number of carboxylic acids is 1. The third-order valence-electron chi connectivity index (χ3n) is 1.66. The minimum absolute atomic E-state index is 0.518. The lowest BCUT2D eigenvalue weighted by atomic mass is 10.2. The van der Waals surface area contributed by atoms with Crippen LogP contribution >= 0.6 is 0 Å². The van der Waals surface area contributed by atoms with E-state index in [0.29, 0.717) is 12.3 Å². The predicted molar refractivity (Wildman–Crippen MR) is 51.0 cm³/mol. The lowest BCUT2D eigenvalue weighted by Gasteiger charge is -2.00. The molecular formula is C7H6N2O6S. The fraction of sp³-hybridized carbons (Fsp3) is 0.143. The number of hydrogen-bond donors (Lipinski definition) is 1. The van der Waals surface area contributed by atoms with Gasteiger partial charge in [-0.25, -0.2) is 18.2 Å². The molecule has 0 spiro atoms. The van der Waals surface area contributed by atoms with E-state index in [1.54, 1.807) is 0 Å². The van der Waals surface area contributed by atoms with Crippen LogP contribution in [0.5, 0.6) is 0 Å². The number of rotatable bonds is 3. The molecule has 1 rings (SSSR count). The molecule has 0 saturated carbocycles. The van der Waals surface area contributed by atoms with Crippen LogP contribution < -0.4 is 0 Å². The zero-order valence-electron chi connectivity index (χ0n) is 7.95. The Labute approximate surface area is 89.6 Å². The van der Waals surface area contributed by atoms with Crippen molar-refractivity contribution >= 4 is 21.5 Å². The van der Waals surface area contributed by atoms with E-state index in [9.17, 15) is 23.3 Å². The quantitative estimate of drug-likeness (QED) is 0.591. The van der Waals surface area contributed by atoms with Crippen molar-refractivity contribution < 1.29 is 23.2 Å². The summed E-state index contributed by atoms with van der Waals surface area (Å²) in [6, 6.07) is 0.663. The first kappa shape index (κ1) is 12.0. The Bertz CT molecular complexity index is 564. The highest BCUT2D eigenvalue weighted by molar-refractivity contribution is 7.90. The summed E-state index contributed by atoms with van der Waals surface area (Å²) in [4.78, 5) is 23.5. The Morgan fingerprint density at radius 2 is 2.12 bits per heavy atom. The smallest absolute Gasteiger partial charge is 0.342 e. The van der Waals surface area contributed by atoms with Gasteiger partial charge in [0.2, 0.25) is 0 Å².